The average molecular weight is 394 g/mol. The van der Waals surface area contributed by atoms with E-state index in [0.29, 0.717) is 29.7 Å². The largest absolute Gasteiger partial charge is 0.376 e. The molecule has 3 aromatic heterocycles. The van der Waals surface area contributed by atoms with Crippen LogP contribution in [0.5, 0.6) is 0 Å². The van der Waals surface area contributed by atoms with E-state index in [-0.39, 0.29) is 12.0 Å². The van der Waals surface area contributed by atoms with E-state index in [4.69, 9.17) is 9.26 Å². The number of hydrogen-bond acceptors (Lipinski definition) is 7. The van der Waals surface area contributed by atoms with Crippen LogP contribution in [0.1, 0.15) is 53.5 Å². The fourth-order valence-electron chi connectivity index (χ4n) is 3.47. The highest BCUT2D eigenvalue weighted by molar-refractivity contribution is 5.95. The Labute approximate surface area is 167 Å². The lowest BCUT2D eigenvalue weighted by Crippen LogP contribution is -2.32. The van der Waals surface area contributed by atoms with Crippen LogP contribution in [0, 0.1) is 6.92 Å². The number of aromatic nitrogens is 5. The standard InChI is InChI=1S/C20H22N6O3/c1-12-16(19(27)22-10-15-3-2-8-28-15)11-23-26(12)17-7-6-14(9-21-17)20-24-18(25-29-20)13-4-5-13/h6-7,9,11,13,15H,2-5,8,10H2,1H3,(H,22,27)/t15-/m1/s1. The molecule has 1 N–H and O–H groups in total. The maximum absolute atomic E-state index is 12.5. The summed E-state index contributed by atoms with van der Waals surface area (Å²) in [4.78, 5) is 21.4. The molecule has 29 heavy (non-hydrogen) atoms. The second kappa shape index (κ2) is 7.40. The summed E-state index contributed by atoms with van der Waals surface area (Å²) in [6, 6.07) is 3.69. The van der Waals surface area contributed by atoms with Crippen molar-refractivity contribution in [1.82, 2.24) is 30.2 Å². The number of rotatable bonds is 6. The van der Waals surface area contributed by atoms with Gasteiger partial charge >= 0.3 is 0 Å². The van der Waals surface area contributed by atoms with Crippen molar-refractivity contribution in [2.24, 2.45) is 0 Å². The first kappa shape index (κ1) is 18.0. The lowest BCUT2D eigenvalue weighted by atomic mass is 10.2. The maximum Gasteiger partial charge on any atom is 0.259 e. The van der Waals surface area contributed by atoms with Crippen molar-refractivity contribution in [3.63, 3.8) is 0 Å². The topological polar surface area (TPSA) is 108 Å². The van der Waals surface area contributed by atoms with Crippen LogP contribution in [-0.4, -0.2) is 50.1 Å². The zero-order valence-corrected chi connectivity index (χ0v) is 16.2. The third kappa shape index (κ3) is 3.65. The average Bonchev–Trinajstić information content (AvgIpc) is 3.13. The summed E-state index contributed by atoms with van der Waals surface area (Å²) in [6.07, 6.45) is 7.62. The van der Waals surface area contributed by atoms with Gasteiger partial charge < -0.3 is 14.6 Å². The first-order valence-electron chi connectivity index (χ1n) is 9.94. The molecule has 0 bridgehead atoms. The van der Waals surface area contributed by atoms with E-state index in [1.54, 1.807) is 17.1 Å². The van der Waals surface area contributed by atoms with Gasteiger partial charge in [-0.15, -0.1) is 0 Å². The van der Waals surface area contributed by atoms with Crippen LogP contribution >= 0.6 is 0 Å². The van der Waals surface area contributed by atoms with Gasteiger partial charge in [-0.2, -0.15) is 10.1 Å². The Hall–Kier alpha value is -3.07. The van der Waals surface area contributed by atoms with Crippen molar-refractivity contribution in [2.75, 3.05) is 13.2 Å². The zero-order valence-electron chi connectivity index (χ0n) is 16.2. The molecule has 1 amide bonds. The molecule has 150 valence electrons. The number of hydrogen-bond donors (Lipinski definition) is 1. The highest BCUT2D eigenvalue weighted by atomic mass is 16.5. The van der Waals surface area contributed by atoms with Crippen molar-refractivity contribution in [3.8, 4) is 17.3 Å². The number of amides is 1. The number of ether oxygens (including phenoxy) is 1. The number of carbonyl (C=O) groups excluding carboxylic acids is 1. The van der Waals surface area contributed by atoms with Crippen LogP contribution in [-0.2, 0) is 4.74 Å². The normalized spacial score (nSPS) is 18.9. The molecule has 1 saturated heterocycles. The van der Waals surface area contributed by atoms with E-state index in [2.05, 4.69) is 25.5 Å². The number of nitrogens with one attached hydrogen (secondary N) is 1. The minimum atomic E-state index is -0.153. The molecular formula is C20H22N6O3. The Balaban J connectivity index is 1.29. The van der Waals surface area contributed by atoms with Gasteiger partial charge in [-0.3, -0.25) is 4.79 Å². The lowest BCUT2D eigenvalue weighted by molar-refractivity contribution is 0.0857. The molecule has 3 aromatic rings. The van der Waals surface area contributed by atoms with Gasteiger partial charge in [0.2, 0.25) is 0 Å². The van der Waals surface area contributed by atoms with Gasteiger partial charge in [0.15, 0.2) is 11.6 Å². The van der Waals surface area contributed by atoms with E-state index < -0.39 is 0 Å². The van der Waals surface area contributed by atoms with E-state index in [1.807, 2.05) is 19.1 Å². The lowest BCUT2D eigenvalue weighted by Gasteiger charge is -2.10. The molecule has 2 fully saturated rings. The molecule has 0 unspecified atom stereocenters. The maximum atomic E-state index is 12.5. The van der Waals surface area contributed by atoms with E-state index >= 15 is 0 Å². The molecule has 0 aromatic carbocycles. The van der Waals surface area contributed by atoms with Gasteiger partial charge in [-0.1, -0.05) is 5.16 Å². The van der Waals surface area contributed by atoms with Crippen LogP contribution in [0.2, 0.25) is 0 Å². The van der Waals surface area contributed by atoms with Gasteiger partial charge in [-0.25, -0.2) is 9.67 Å². The van der Waals surface area contributed by atoms with Gasteiger partial charge in [0.25, 0.3) is 11.8 Å². The van der Waals surface area contributed by atoms with Crippen LogP contribution in [0.25, 0.3) is 17.3 Å². The fraction of sp³-hybridized carbons (Fsp3) is 0.450. The van der Waals surface area contributed by atoms with Crippen molar-refractivity contribution >= 4 is 5.91 Å². The molecule has 1 atom stereocenters. The van der Waals surface area contributed by atoms with E-state index in [9.17, 15) is 4.79 Å². The summed E-state index contributed by atoms with van der Waals surface area (Å²) in [5, 5.41) is 11.3. The highest BCUT2D eigenvalue weighted by Crippen LogP contribution is 2.38. The van der Waals surface area contributed by atoms with Crippen LogP contribution in [0.4, 0.5) is 0 Å². The van der Waals surface area contributed by atoms with Crippen LogP contribution in [0.15, 0.2) is 29.0 Å². The van der Waals surface area contributed by atoms with E-state index in [1.165, 1.54) is 0 Å². The second-order valence-electron chi connectivity index (χ2n) is 7.54. The van der Waals surface area contributed by atoms with E-state index in [0.717, 1.165) is 49.4 Å². The highest BCUT2D eigenvalue weighted by Gasteiger charge is 2.29. The van der Waals surface area contributed by atoms with Gasteiger partial charge in [0.05, 0.1) is 29.1 Å². The van der Waals surface area contributed by atoms with Gasteiger partial charge in [0, 0.05) is 25.3 Å². The molecule has 1 aliphatic carbocycles. The van der Waals surface area contributed by atoms with Gasteiger partial charge in [-0.05, 0) is 44.7 Å². The monoisotopic (exact) mass is 394 g/mol. The van der Waals surface area contributed by atoms with Crippen LogP contribution < -0.4 is 5.32 Å². The zero-order chi connectivity index (χ0) is 19.8. The van der Waals surface area contributed by atoms with Crippen molar-refractivity contribution in [2.45, 2.75) is 44.6 Å². The van der Waals surface area contributed by atoms with Crippen molar-refractivity contribution in [3.05, 3.63) is 41.6 Å². The number of carbonyl (C=O) groups is 1. The third-order valence-corrected chi connectivity index (χ3v) is 5.36. The van der Waals surface area contributed by atoms with Crippen molar-refractivity contribution in [1.29, 1.82) is 0 Å². The molecule has 0 radical (unpaired) electrons. The summed E-state index contributed by atoms with van der Waals surface area (Å²) in [7, 11) is 0. The molecule has 4 heterocycles. The second-order valence-corrected chi connectivity index (χ2v) is 7.54. The summed E-state index contributed by atoms with van der Waals surface area (Å²) < 4.78 is 12.5. The molecule has 1 saturated carbocycles. The number of pyridine rings is 1. The quantitative estimate of drug-likeness (QED) is 0.684. The molecule has 9 nitrogen and oxygen atoms in total. The molecule has 2 aliphatic rings. The summed E-state index contributed by atoms with van der Waals surface area (Å²) in [6.45, 7) is 3.14. The van der Waals surface area contributed by atoms with Crippen molar-refractivity contribution < 1.29 is 14.1 Å². The first-order valence-corrected chi connectivity index (χ1v) is 9.94. The first-order chi connectivity index (χ1) is 14.2. The number of nitrogens with zero attached hydrogens (tertiary/aromatic N) is 5. The predicted molar refractivity (Wildman–Crippen MR) is 103 cm³/mol. The minimum Gasteiger partial charge on any atom is -0.376 e. The predicted octanol–water partition coefficient (Wildman–Crippen LogP) is 2.41. The Morgan fingerprint density at radius 1 is 1.28 bits per heavy atom. The fourth-order valence-corrected chi connectivity index (χ4v) is 3.47. The molecule has 0 spiro atoms. The molecule has 5 rings (SSSR count). The SMILES string of the molecule is Cc1c(C(=O)NC[C@H]2CCCO2)cnn1-c1ccc(-c2nc(C3CC3)no2)cn1. The smallest absolute Gasteiger partial charge is 0.259 e. The molecule has 9 heteroatoms. The Kier molecular flexibility index (Phi) is 4.59. The van der Waals surface area contributed by atoms with Gasteiger partial charge in [0.1, 0.15) is 0 Å². The Morgan fingerprint density at radius 2 is 2.17 bits per heavy atom. The molecule has 1 aliphatic heterocycles. The summed E-state index contributed by atoms with van der Waals surface area (Å²) in [5.41, 5.74) is 2.01. The third-order valence-electron chi connectivity index (χ3n) is 5.36. The Morgan fingerprint density at radius 3 is 2.90 bits per heavy atom. The van der Waals surface area contributed by atoms with Crippen LogP contribution in [0.3, 0.4) is 0 Å². The Bertz CT molecular complexity index is 1020. The minimum absolute atomic E-state index is 0.105. The summed E-state index contributed by atoms with van der Waals surface area (Å²) in [5.74, 6) is 2.14. The molecular weight excluding hydrogens is 372 g/mol. The summed E-state index contributed by atoms with van der Waals surface area (Å²) >= 11 is 0.